The van der Waals surface area contributed by atoms with E-state index in [0.717, 1.165) is 4.73 Å². The SMILES string of the molecule is COn1c(C(=O)N(C(C)C)C(C)(C)C)cccc1=O. The van der Waals surface area contributed by atoms with Gasteiger partial charge in [0, 0.05) is 17.6 Å². The molecule has 0 bridgehead atoms. The van der Waals surface area contributed by atoms with E-state index in [0.29, 0.717) is 0 Å². The average Bonchev–Trinajstić information content (AvgIpc) is 2.25. The molecule has 106 valence electrons. The number of aromatic nitrogens is 1. The molecular formula is C14H22N2O3. The van der Waals surface area contributed by atoms with Gasteiger partial charge in [-0.3, -0.25) is 9.59 Å². The summed E-state index contributed by atoms with van der Waals surface area (Å²) in [5.74, 6) is -0.220. The Morgan fingerprint density at radius 3 is 2.32 bits per heavy atom. The largest absolute Gasteiger partial charge is 0.413 e. The number of hydrogen-bond acceptors (Lipinski definition) is 3. The molecule has 19 heavy (non-hydrogen) atoms. The average molecular weight is 266 g/mol. The van der Waals surface area contributed by atoms with Crippen LogP contribution in [0.1, 0.15) is 45.1 Å². The van der Waals surface area contributed by atoms with Gasteiger partial charge in [0.05, 0.1) is 0 Å². The van der Waals surface area contributed by atoms with Crippen molar-refractivity contribution in [1.29, 1.82) is 0 Å². The number of carbonyl (C=O) groups excluding carboxylic acids is 1. The molecule has 0 atom stereocenters. The Labute approximate surface area is 113 Å². The van der Waals surface area contributed by atoms with Crippen molar-refractivity contribution in [2.24, 2.45) is 0 Å². The molecule has 0 aliphatic rings. The lowest BCUT2D eigenvalue weighted by Gasteiger charge is -2.39. The van der Waals surface area contributed by atoms with Gasteiger partial charge < -0.3 is 9.74 Å². The molecule has 0 saturated heterocycles. The van der Waals surface area contributed by atoms with Crippen molar-refractivity contribution >= 4 is 5.91 Å². The van der Waals surface area contributed by atoms with Crippen LogP contribution < -0.4 is 10.4 Å². The third kappa shape index (κ3) is 3.16. The highest BCUT2D eigenvalue weighted by molar-refractivity contribution is 5.93. The second-order valence-electron chi connectivity index (χ2n) is 5.67. The molecule has 0 aromatic carbocycles. The van der Waals surface area contributed by atoms with Crippen LogP contribution in [0, 0.1) is 0 Å². The first-order chi connectivity index (χ1) is 8.70. The Kier molecular flexibility index (Phi) is 4.39. The Hall–Kier alpha value is -1.78. The molecule has 0 spiro atoms. The first-order valence-corrected chi connectivity index (χ1v) is 6.30. The molecule has 0 aliphatic heterocycles. The summed E-state index contributed by atoms with van der Waals surface area (Å²) in [6.07, 6.45) is 0. The van der Waals surface area contributed by atoms with Crippen molar-refractivity contribution in [3.8, 4) is 0 Å². The Bertz CT molecular complexity index is 512. The van der Waals surface area contributed by atoms with E-state index in [-0.39, 0.29) is 28.7 Å². The number of amides is 1. The molecule has 1 aromatic rings. The maximum absolute atomic E-state index is 12.7. The zero-order valence-corrected chi connectivity index (χ0v) is 12.4. The van der Waals surface area contributed by atoms with E-state index in [9.17, 15) is 9.59 Å². The molecule has 0 aliphatic carbocycles. The van der Waals surface area contributed by atoms with E-state index >= 15 is 0 Å². The van der Waals surface area contributed by atoms with Gasteiger partial charge in [0.1, 0.15) is 12.8 Å². The summed E-state index contributed by atoms with van der Waals surface area (Å²) in [7, 11) is 1.37. The van der Waals surface area contributed by atoms with E-state index in [2.05, 4.69) is 0 Å². The van der Waals surface area contributed by atoms with Crippen LogP contribution in [0.25, 0.3) is 0 Å². The molecule has 0 radical (unpaired) electrons. The molecule has 1 rings (SSSR count). The quantitative estimate of drug-likeness (QED) is 0.834. The van der Waals surface area contributed by atoms with Crippen LogP contribution in [-0.2, 0) is 0 Å². The maximum Gasteiger partial charge on any atom is 0.283 e. The zero-order valence-electron chi connectivity index (χ0n) is 12.4. The third-order valence-electron chi connectivity index (χ3n) is 2.77. The van der Waals surface area contributed by atoms with Crippen LogP contribution in [0.15, 0.2) is 23.0 Å². The molecule has 0 fully saturated rings. The van der Waals surface area contributed by atoms with Gasteiger partial charge in [0.25, 0.3) is 11.5 Å². The van der Waals surface area contributed by atoms with E-state index in [1.54, 1.807) is 17.0 Å². The molecule has 0 saturated carbocycles. The summed E-state index contributed by atoms with van der Waals surface area (Å²) < 4.78 is 1.02. The van der Waals surface area contributed by atoms with Gasteiger partial charge in [-0.2, -0.15) is 0 Å². The van der Waals surface area contributed by atoms with Gasteiger partial charge in [-0.05, 0) is 40.7 Å². The van der Waals surface area contributed by atoms with E-state index in [4.69, 9.17) is 4.84 Å². The lowest BCUT2D eigenvalue weighted by atomic mass is 10.0. The van der Waals surface area contributed by atoms with Crippen LogP contribution >= 0.6 is 0 Å². The van der Waals surface area contributed by atoms with E-state index in [1.807, 2.05) is 34.6 Å². The van der Waals surface area contributed by atoms with Gasteiger partial charge in [0.2, 0.25) is 0 Å². The van der Waals surface area contributed by atoms with Crippen molar-refractivity contribution in [1.82, 2.24) is 9.63 Å². The van der Waals surface area contributed by atoms with Crippen LogP contribution in [0.4, 0.5) is 0 Å². The summed E-state index contributed by atoms with van der Waals surface area (Å²) in [6.45, 7) is 9.78. The van der Waals surface area contributed by atoms with Crippen LogP contribution in [-0.4, -0.2) is 34.2 Å². The minimum atomic E-state index is -0.356. The lowest BCUT2D eigenvalue weighted by molar-refractivity contribution is 0.0433. The third-order valence-corrected chi connectivity index (χ3v) is 2.77. The molecule has 0 unspecified atom stereocenters. The molecule has 1 amide bonds. The highest BCUT2D eigenvalue weighted by Crippen LogP contribution is 2.19. The fraction of sp³-hybridized carbons (Fsp3) is 0.571. The summed E-state index contributed by atoms with van der Waals surface area (Å²) >= 11 is 0. The zero-order chi connectivity index (χ0) is 14.8. The van der Waals surface area contributed by atoms with Crippen LogP contribution in [0.5, 0.6) is 0 Å². The number of nitrogens with zero attached hydrogens (tertiary/aromatic N) is 2. The Morgan fingerprint density at radius 2 is 1.89 bits per heavy atom. The second kappa shape index (κ2) is 5.47. The lowest BCUT2D eigenvalue weighted by Crippen LogP contribution is -2.51. The van der Waals surface area contributed by atoms with Crippen LogP contribution in [0.2, 0.25) is 0 Å². The number of pyridine rings is 1. The second-order valence-corrected chi connectivity index (χ2v) is 5.67. The van der Waals surface area contributed by atoms with Gasteiger partial charge in [-0.25, -0.2) is 0 Å². The molecule has 5 nitrogen and oxygen atoms in total. The van der Waals surface area contributed by atoms with Crippen molar-refractivity contribution < 1.29 is 9.63 Å². The van der Waals surface area contributed by atoms with Gasteiger partial charge in [0.15, 0.2) is 0 Å². The summed E-state index contributed by atoms with van der Waals surface area (Å²) in [4.78, 5) is 31.1. The topological polar surface area (TPSA) is 51.5 Å². The highest BCUT2D eigenvalue weighted by Gasteiger charge is 2.31. The van der Waals surface area contributed by atoms with Crippen molar-refractivity contribution in [2.45, 2.75) is 46.2 Å². The van der Waals surface area contributed by atoms with Crippen molar-refractivity contribution in [2.75, 3.05) is 7.11 Å². The predicted molar refractivity (Wildman–Crippen MR) is 74.3 cm³/mol. The minimum Gasteiger partial charge on any atom is -0.413 e. The monoisotopic (exact) mass is 266 g/mol. The summed E-state index contributed by atoms with van der Waals surface area (Å²) in [5, 5.41) is 0. The number of hydrogen-bond donors (Lipinski definition) is 0. The highest BCUT2D eigenvalue weighted by atomic mass is 16.6. The van der Waals surface area contributed by atoms with E-state index in [1.165, 1.54) is 13.2 Å². The van der Waals surface area contributed by atoms with E-state index < -0.39 is 0 Å². The smallest absolute Gasteiger partial charge is 0.283 e. The molecule has 0 N–H and O–H groups in total. The van der Waals surface area contributed by atoms with Gasteiger partial charge >= 0.3 is 0 Å². The van der Waals surface area contributed by atoms with Crippen molar-refractivity contribution in [3.05, 3.63) is 34.2 Å². The van der Waals surface area contributed by atoms with Crippen LogP contribution in [0.3, 0.4) is 0 Å². The first-order valence-electron chi connectivity index (χ1n) is 6.30. The maximum atomic E-state index is 12.7. The number of rotatable bonds is 3. The Morgan fingerprint density at radius 1 is 1.32 bits per heavy atom. The fourth-order valence-corrected chi connectivity index (χ4v) is 2.26. The summed E-state index contributed by atoms with van der Waals surface area (Å²) in [6, 6.07) is 4.53. The minimum absolute atomic E-state index is 0.0214. The standard InChI is InChI=1S/C14H22N2O3/c1-10(2)15(14(3,4)5)13(18)11-8-7-9-12(17)16(11)19-6/h7-10H,1-6H3. The van der Waals surface area contributed by atoms with Gasteiger partial charge in [-0.15, -0.1) is 4.73 Å². The molecule has 5 heteroatoms. The first kappa shape index (κ1) is 15.3. The molecular weight excluding hydrogens is 244 g/mol. The van der Waals surface area contributed by atoms with Gasteiger partial charge in [-0.1, -0.05) is 6.07 Å². The predicted octanol–water partition coefficient (Wildman–Crippen LogP) is 1.56. The number of carbonyl (C=O) groups is 1. The Balaban J connectivity index is 3.33. The molecule has 1 heterocycles. The van der Waals surface area contributed by atoms with Crippen molar-refractivity contribution in [3.63, 3.8) is 0 Å². The summed E-state index contributed by atoms with van der Waals surface area (Å²) in [5.41, 5.74) is -0.458. The fourth-order valence-electron chi connectivity index (χ4n) is 2.26. The molecule has 1 aromatic heterocycles. The normalized spacial score (nSPS) is 11.5.